The predicted molar refractivity (Wildman–Crippen MR) is 72.1 cm³/mol. The van der Waals surface area contributed by atoms with Gasteiger partial charge in [-0.05, 0) is 29.0 Å². The number of methoxy groups -OCH3 is 2. The fourth-order valence-corrected chi connectivity index (χ4v) is 1.94. The van der Waals surface area contributed by atoms with Gasteiger partial charge in [-0.1, -0.05) is 32.9 Å². The van der Waals surface area contributed by atoms with E-state index in [-0.39, 0.29) is 11.9 Å². The summed E-state index contributed by atoms with van der Waals surface area (Å²) in [7, 11) is 3.07. The van der Waals surface area contributed by atoms with Crippen LogP contribution in [0, 0.1) is 0 Å². The zero-order chi connectivity index (χ0) is 13.7. The topological polar surface area (TPSA) is 35.5 Å². The fourth-order valence-electron chi connectivity index (χ4n) is 1.94. The second kappa shape index (κ2) is 6.43. The minimum Gasteiger partial charge on any atom is -0.496 e. The molecule has 0 bridgehead atoms. The molecule has 0 saturated heterocycles. The van der Waals surface area contributed by atoms with Crippen LogP contribution in [-0.2, 0) is 9.53 Å². The fraction of sp³-hybridized carbons (Fsp3) is 0.533. The highest BCUT2D eigenvalue weighted by atomic mass is 16.5. The van der Waals surface area contributed by atoms with Crippen LogP contribution in [-0.4, -0.2) is 20.2 Å². The van der Waals surface area contributed by atoms with Crippen LogP contribution >= 0.6 is 0 Å². The molecule has 3 nitrogen and oxygen atoms in total. The molecule has 0 amide bonds. The van der Waals surface area contributed by atoms with E-state index in [2.05, 4.69) is 26.0 Å². The Morgan fingerprint density at radius 3 is 2.39 bits per heavy atom. The molecule has 0 aliphatic carbocycles. The van der Waals surface area contributed by atoms with Crippen molar-refractivity contribution in [2.45, 2.75) is 39.0 Å². The quantitative estimate of drug-likeness (QED) is 0.750. The minimum absolute atomic E-state index is 0.0890. The molecule has 1 aromatic rings. The summed E-state index contributed by atoms with van der Waals surface area (Å²) in [5.41, 5.74) is 2.32. The van der Waals surface area contributed by atoms with E-state index in [1.807, 2.05) is 13.0 Å². The highest BCUT2D eigenvalue weighted by molar-refractivity contribution is 5.70. The zero-order valence-corrected chi connectivity index (χ0v) is 11.8. The van der Waals surface area contributed by atoms with Crippen LogP contribution in [0.15, 0.2) is 18.2 Å². The van der Waals surface area contributed by atoms with Gasteiger partial charge in [0, 0.05) is 0 Å². The van der Waals surface area contributed by atoms with Gasteiger partial charge < -0.3 is 9.47 Å². The average Bonchev–Trinajstić information content (AvgIpc) is 2.37. The molecular formula is C15H22O3. The third-order valence-electron chi connectivity index (χ3n) is 3.15. The number of rotatable bonds is 5. The molecule has 100 valence electrons. The Kier molecular flexibility index (Phi) is 5.20. The molecule has 0 N–H and O–H groups in total. The van der Waals surface area contributed by atoms with E-state index in [4.69, 9.17) is 9.47 Å². The lowest BCUT2D eigenvalue weighted by Gasteiger charge is -2.17. The number of carbonyl (C=O) groups is 1. The van der Waals surface area contributed by atoms with E-state index in [1.165, 1.54) is 12.7 Å². The Labute approximate surface area is 109 Å². The lowest BCUT2D eigenvalue weighted by atomic mass is 9.92. The van der Waals surface area contributed by atoms with Crippen molar-refractivity contribution >= 4 is 5.97 Å². The first-order valence-corrected chi connectivity index (χ1v) is 6.24. The maximum atomic E-state index is 11.4. The summed E-state index contributed by atoms with van der Waals surface area (Å²) in [5, 5.41) is 0. The van der Waals surface area contributed by atoms with Gasteiger partial charge in [0.05, 0.1) is 20.6 Å². The van der Waals surface area contributed by atoms with Crippen LogP contribution in [0.2, 0.25) is 0 Å². The smallest absolute Gasteiger partial charge is 0.306 e. The van der Waals surface area contributed by atoms with E-state index < -0.39 is 0 Å². The molecule has 0 saturated carbocycles. The zero-order valence-electron chi connectivity index (χ0n) is 11.8. The monoisotopic (exact) mass is 250 g/mol. The summed E-state index contributed by atoms with van der Waals surface area (Å²) >= 11 is 0. The van der Waals surface area contributed by atoms with Crippen LogP contribution in [0.3, 0.4) is 0 Å². The van der Waals surface area contributed by atoms with Crippen molar-refractivity contribution in [2.24, 2.45) is 0 Å². The SMILES string of the molecule is COC(=O)CC(C)c1cc(C(C)C)ccc1OC. The van der Waals surface area contributed by atoms with E-state index in [0.29, 0.717) is 12.3 Å². The van der Waals surface area contributed by atoms with E-state index in [9.17, 15) is 4.79 Å². The van der Waals surface area contributed by atoms with Crippen LogP contribution in [0.1, 0.15) is 50.2 Å². The largest absolute Gasteiger partial charge is 0.496 e. The van der Waals surface area contributed by atoms with E-state index in [0.717, 1.165) is 11.3 Å². The maximum absolute atomic E-state index is 11.4. The van der Waals surface area contributed by atoms with Crippen molar-refractivity contribution in [2.75, 3.05) is 14.2 Å². The number of benzene rings is 1. The lowest BCUT2D eigenvalue weighted by Crippen LogP contribution is -2.07. The maximum Gasteiger partial charge on any atom is 0.306 e. The second-order valence-electron chi connectivity index (χ2n) is 4.84. The Morgan fingerprint density at radius 2 is 1.89 bits per heavy atom. The van der Waals surface area contributed by atoms with Gasteiger partial charge in [-0.2, -0.15) is 0 Å². The number of hydrogen-bond acceptors (Lipinski definition) is 3. The van der Waals surface area contributed by atoms with Gasteiger partial charge in [-0.15, -0.1) is 0 Å². The van der Waals surface area contributed by atoms with Gasteiger partial charge >= 0.3 is 5.97 Å². The molecule has 0 aliphatic rings. The molecule has 1 unspecified atom stereocenters. The Morgan fingerprint density at radius 1 is 1.22 bits per heavy atom. The summed E-state index contributed by atoms with van der Waals surface area (Å²) in [6, 6.07) is 6.16. The van der Waals surface area contributed by atoms with Gasteiger partial charge in [-0.3, -0.25) is 4.79 Å². The number of ether oxygens (including phenoxy) is 2. The van der Waals surface area contributed by atoms with Gasteiger partial charge in [0.1, 0.15) is 5.75 Å². The van der Waals surface area contributed by atoms with Crippen LogP contribution in [0.4, 0.5) is 0 Å². The van der Waals surface area contributed by atoms with Crippen molar-refractivity contribution in [1.82, 2.24) is 0 Å². The predicted octanol–water partition coefficient (Wildman–Crippen LogP) is 3.49. The highest BCUT2D eigenvalue weighted by Crippen LogP contribution is 2.31. The van der Waals surface area contributed by atoms with Gasteiger partial charge in [-0.25, -0.2) is 0 Å². The molecule has 1 atom stereocenters. The van der Waals surface area contributed by atoms with Gasteiger partial charge in [0.15, 0.2) is 0 Å². The third-order valence-corrected chi connectivity index (χ3v) is 3.15. The molecule has 18 heavy (non-hydrogen) atoms. The summed E-state index contributed by atoms with van der Waals surface area (Å²) in [6.45, 7) is 6.31. The van der Waals surface area contributed by atoms with Crippen molar-refractivity contribution < 1.29 is 14.3 Å². The normalized spacial score (nSPS) is 12.3. The molecular weight excluding hydrogens is 228 g/mol. The first-order chi connectivity index (χ1) is 8.49. The van der Waals surface area contributed by atoms with Crippen LogP contribution in [0.5, 0.6) is 5.75 Å². The van der Waals surface area contributed by atoms with Gasteiger partial charge in [0.25, 0.3) is 0 Å². The Balaban J connectivity index is 3.03. The highest BCUT2D eigenvalue weighted by Gasteiger charge is 2.16. The summed E-state index contributed by atoms with van der Waals surface area (Å²) in [4.78, 5) is 11.4. The first kappa shape index (κ1) is 14.6. The summed E-state index contributed by atoms with van der Waals surface area (Å²) < 4.78 is 10.1. The molecule has 0 aliphatic heterocycles. The standard InChI is InChI=1S/C15H22O3/c1-10(2)12-6-7-14(17-4)13(9-12)11(3)8-15(16)18-5/h6-7,9-11H,8H2,1-5H3. The lowest BCUT2D eigenvalue weighted by molar-refractivity contribution is -0.140. The molecule has 1 aromatic carbocycles. The Hall–Kier alpha value is -1.51. The average molecular weight is 250 g/mol. The molecule has 3 heteroatoms. The van der Waals surface area contributed by atoms with Crippen molar-refractivity contribution in [1.29, 1.82) is 0 Å². The van der Waals surface area contributed by atoms with Gasteiger partial charge in [0.2, 0.25) is 0 Å². The van der Waals surface area contributed by atoms with Crippen molar-refractivity contribution in [3.63, 3.8) is 0 Å². The summed E-state index contributed by atoms with van der Waals surface area (Å²) in [6.07, 6.45) is 0.369. The first-order valence-electron chi connectivity index (χ1n) is 6.24. The Bertz CT molecular complexity index is 410. The molecule has 0 spiro atoms. The molecule has 0 aromatic heterocycles. The molecule has 1 rings (SSSR count). The van der Waals surface area contributed by atoms with Crippen molar-refractivity contribution in [3.05, 3.63) is 29.3 Å². The molecule has 0 fully saturated rings. The van der Waals surface area contributed by atoms with Crippen molar-refractivity contribution in [3.8, 4) is 5.75 Å². The second-order valence-corrected chi connectivity index (χ2v) is 4.84. The number of esters is 1. The minimum atomic E-state index is -0.195. The molecule has 0 radical (unpaired) electrons. The number of hydrogen-bond donors (Lipinski definition) is 0. The third kappa shape index (κ3) is 3.49. The molecule has 0 heterocycles. The van der Waals surface area contributed by atoms with Crippen LogP contribution in [0.25, 0.3) is 0 Å². The van der Waals surface area contributed by atoms with Crippen LogP contribution < -0.4 is 4.74 Å². The number of carbonyl (C=O) groups excluding carboxylic acids is 1. The summed E-state index contributed by atoms with van der Waals surface area (Å²) in [5.74, 6) is 1.18. The van der Waals surface area contributed by atoms with E-state index in [1.54, 1.807) is 7.11 Å². The van der Waals surface area contributed by atoms with E-state index >= 15 is 0 Å².